The van der Waals surface area contributed by atoms with Gasteiger partial charge in [-0.2, -0.15) is 0 Å². The van der Waals surface area contributed by atoms with Crippen LogP contribution in [-0.4, -0.2) is 271 Å². The van der Waals surface area contributed by atoms with Crippen LogP contribution in [0, 0.1) is 0 Å². The Labute approximate surface area is 458 Å². The van der Waals surface area contributed by atoms with Crippen LogP contribution in [-0.2, 0) is 60.8 Å². The van der Waals surface area contributed by atoms with Gasteiger partial charge in [0.2, 0.25) is 53.2 Å². The van der Waals surface area contributed by atoms with Crippen LogP contribution >= 0.6 is 0 Å². The van der Waals surface area contributed by atoms with Gasteiger partial charge in [-0.15, -0.1) is 0 Å². The number of aromatic nitrogens is 2. The summed E-state index contributed by atoms with van der Waals surface area (Å²) in [4.78, 5) is 153. The average Bonchev–Trinajstić information content (AvgIpc) is 4.32. The molecule has 13 N–H and O–H groups in total. The van der Waals surface area contributed by atoms with Crippen molar-refractivity contribution in [2.24, 2.45) is 5.73 Å². The van der Waals surface area contributed by atoms with Crippen LogP contribution in [0.5, 0.6) is 0 Å². The van der Waals surface area contributed by atoms with Crippen LogP contribution in [0.1, 0.15) is 63.1 Å². The number of carboxylic acid groups (broad SMARTS) is 1. The highest BCUT2D eigenvalue weighted by Gasteiger charge is 2.52. The number of carbonyl (C=O) groups excluding carboxylic acids is 9. The molecule has 6 fully saturated rings. The first-order valence-electron chi connectivity index (χ1n) is 26.8. The van der Waals surface area contributed by atoms with Crippen LogP contribution in [0.15, 0.2) is 42.9 Å². The number of nitrogens with one attached hydrogen (secondary N) is 4. The normalized spacial score (nSPS) is 29.1. The monoisotopic (exact) mass is 1120 g/mol. The molecular weight excluding hydrogens is 1050 g/mol. The standard InChI is InChI=1S/C51H70N12O17/c1-25(52)45(73)60-19-29(66)13-38(60)49(77)62-21-31(68)15-40(62)48(76)59-18-28(65)12-37(59)44(72)55-33(11-27-17-53-24-54-27)42(70)56-34(10-26-6-3-2-4-7-26)46(74)58-9-5-8-36(58)43(71)57-35(23-64)47(75)61-20-30(67)14-39(61)50(78)63-22-32(69)16-41(63)51(79)80/h2-4,6-7,17,24-25,28-41,64-69H,5,8-16,18-23,52H2,1H3,(H,53,54)(H,55,72)(H,56,70)(H,57,71)(H,79,80)/t25-,28+,29+,30+,31+,32+,33-,34-,35-,36-,37-,38-,39-,40-,41-/m0/s1. The highest BCUT2D eigenvalue weighted by molar-refractivity contribution is 5.99. The fraction of sp³-hybridized carbons (Fsp3) is 0.627. The molecule has 6 aliphatic heterocycles. The first-order valence-corrected chi connectivity index (χ1v) is 26.8. The Bertz CT molecular complexity index is 2650. The number of carbonyl (C=O) groups is 10. The summed E-state index contributed by atoms with van der Waals surface area (Å²) in [6.07, 6.45) is -4.36. The maximum atomic E-state index is 14.8. The molecule has 0 unspecified atom stereocenters. The molecule has 29 heteroatoms. The number of aliphatic hydroxyl groups is 6. The molecule has 0 spiro atoms. The Morgan fingerprint density at radius 2 is 1.05 bits per heavy atom. The van der Waals surface area contributed by atoms with Crippen molar-refractivity contribution in [1.82, 2.24) is 55.3 Å². The lowest BCUT2D eigenvalue weighted by atomic mass is 10.0. The third-order valence-electron chi connectivity index (χ3n) is 15.8. The highest BCUT2D eigenvalue weighted by atomic mass is 16.4. The van der Waals surface area contributed by atoms with Gasteiger partial charge in [-0.1, -0.05) is 30.3 Å². The quantitative estimate of drug-likeness (QED) is 0.0660. The van der Waals surface area contributed by atoms with E-state index in [9.17, 15) is 83.7 Å². The predicted octanol–water partition coefficient (Wildman–Crippen LogP) is -7.13. The van der Waals surface area contributed by atoms with Crippen molar-refractivity contribution < 1.29 is 83.7 Å². The molecule has 0 radical (unpaired) electrons. The van der Waals surface area contributed by atoms with Gasteiger partial charge in [-0.25, -0.2) is 9.78 Å². The third-order valence-corrected chi connectivity index (χ3v) is 15.8. The molecule has 1 aromatic carbocycles. The largest absolute Gasteiger partial charge is 0.480 e. The molecule has 436 valence electrons. The van der Waals surface area contributed by atoms with Gasteiger partial charge in [-0.3, -0.25) is 43.2 Å². The number of carboxylic acids is 1. The fourth-order valence-electron chi connectivity index (χ4n) is 11.9. The van der Waals surface area contributed by atoms with Gasteiger partial charge in [-0.05, 0) is 25.3 Å². The average molecular weight is 1120 g/mol. The molecule has 6 saturated heterocycles. The summed E-state index contributed by atoms with van der Waals surface area (Å²) in [7, 11) is 0. The second-order valence-electron chi connectivity index (χ2n) is 21.6. The SMILES string of the molecule is C[C@H](N)C(=O)N1C[C@H](O)C[C@H]1C(=O)N1C[C@H](O)C[C@H]1C(=O)N1C[C@H](O)C[C@H]1C(=O)N[C@@H](Cc1cnc[nH]1)C(=O)N[C@@H](Cc1ccccc1)C(=O)N1CCC[C@H]1C(=O)N[C@@H](CO)C(=O)N1C[C@H](O)C[C@H]1C(=O)N1C[C@H](O)C[C@H]1C(=O)O. The Balaban J connectivity index is 0.976. The van der Waals surface area contributed by atoms with Crippen molar-refractivity contribution in [3.63, 3.8) is 0 Å². The minimum atomic E-state index is -1.69. The van der Waals surface area contributed by atoms with Gasteiger partial charge in [0, 0.05) is 96.1 Å². The number of aliphatic carboxylic acids is 1. The van der Waals surface area contributed by atoms with E-state index in [2.05, 4.69) is 25.9 Å². The molecule has 7 heterocycles. The minimum absolute atomic E-state index is 0.00621. The number of benzene rings is 1. The summed E-state index contributed by atoms with van der Waals surface area (Å²) >= 11 is 0. The number of hydrogen-bond acceptors (Lipinski definition) is 18. The molecule has 1 aromatic heterocycles. The van der Waals surface area contributed by atoms with E-state index in [0.717, 1.165) is 24.5 Å². The number of β-amino-alcohol motifs (C(OH)–C–C–N with tert-alkyl or cyclic N) is 5. The van der Waals surface area contributed by atoms with E-state index in [1.807, 2.05) is 0 Å². The molecule has 15 atom stereocenters. The summed E-state index contributed by atoms with van der Waals surface area (Å²) in [5.41, 5.74) is 6.77. The highest BCUT2D eigenvalue weighted by Crippen LogP contribution is 2.31. The van der Waals surface area contributed by atoms with E-state index in [0.29, 0.717) is 11.3 Å². The summed E-state index contributed by atoms with van der Waals surface area (Å²) in [5, 5.41) is 81.0. The van der Waals surface area contributed by atoms with E-state index in [1.165, 1.54) is 24.3 Å². The summed E-state index contributed by atoms with van der Waals surface area (Å²) in [6.45, 7) is -1.14. The van der Waals surface area contributed by atoms with E-state index >= 15 is 0 Å². The summed E-state index contributed by atoms with van der Waals surface area (Å²) in [5.74, 6) is -8.73. The first kappa shape index (κ1) is 59.0. The predicted molar refractivity (Wildman–Crippen MR) is 272 cm³/mol. The van der Waals surface area contributed by atoms with E-state index in [1.54, 1.807) is 30.3 Å². The number of nitrogens with zero attached hydrogens (tertiary/aromatic N) is 7. The third kappa shape index (κ3) is 12.9. The molecule has 0 aliphatic carbocycles. The number of nitrogens with two attached hydrogens (primary N) is 1. The number of amides is 9. The van der Waals surface area contributed by atoms with E-state index in [-0.39, 0.29) is 90.5 Å². The van der Waals surface area contributed by atoms with Crippen LogP contribution in [0.2, 0.25) is 0 Å². The number of aromatic amines is 1. The summed E-state index contributed by atoms with van der Waals surface area (Å²) < 4.78 is 0. The lowest BCUT2D eigenvalue weighted by Crippen LogP contribution is -2.61. The van der Waals surface area contributed by atoms with Gasteiger partial charge in [0.05, 0.1) is 49.5 Å². The van der Waals surface area contributed by atoms with Gasteiger partial charge in [0.15, 0.2) is 0 Å². The molecular formula is C51H70N12O17. The van der Waals surface area contributed by atoms with Gasteiger partial charge in [0.1, 0.15) is 54.4 Å². The second kappa shape index (κ2) is 25.1. The van der Waals surface area contributed by atoms with Crippen LogP contribution in [0.4, 0.5) is 0 Å². The number of imidazole rings is 1. The molecule has 0 saturated carbocycles. The van der Waals surface area contributed by atoms with Crippen LogP contribution < -0.4 is 21.7 Å². The Kier molecular flexibility index (Phi) is 18.5. The second-order valence-corrected chi connectivity index (χ2v) is 21.6. The van der Waals surface area contributed by atoms with Crippen LogP contribution in [0.3, 0.4) is 0 Å². The van der Waals surface area contributed by atoms with Crippen molar-refractivity contribution in [2.45, 2.75) is 156 Å². The Morgan fingerprint density at radius 1 is 0.588 bits per heavy atom. The molecule has 6 aliphatic rings. The fourth-order valence-corrected chi connectivity index (χ4v) is 11.9. The molecule has 9 amide bonds. The topological polar surface area (TPSA) is 423 Å². The van der Waals surface area contributed by atoms with Gasteiger partial charge >= 0.3 is 5.97 Å². The number of hydrogen-bond donors (Lipinski definition) is 12. The summed E-state index contributed by atoms with van der Waals surface area (Å²) in [6, 6.07) is -5.06. The molecule has 80 heavy (non-hydrogen) atoms. The maximum Gasteiger partial charge on any atom is 0.326 e. The van der Waals surface area contributed by atoms with Crippen molar-refractivity contribution in [3.8, 4) is 0 Å². The molecule has 2 aromatic rings. The smallest absolute Gasteiger partial charge is 0.326 e. The number of rotatable bonds is 18. The van der Waals surface area contributed by atoms with E-state index in [4.69, 9.17) is 5.73 Å². The zero-order valence-corrected chi connectivity index (χ0v) is 43.9. The lowest BCUT2D eigenvalue weighted by molar-refractivity contribution is -0.152. The molecule has 8 rings (SSSR count). The van der Waals surface area contributed by atoms with Gasteiger partial charge < -0.3 is 91.8 Å². The van der Waals surface area contributed by atoms with Crippen molar-refractivity contribution in [1.29, 1.82) is 0 Å². The van der Waals surface area contributed by atoms with Crippen LogP contribution in [0.25, 0.3) is 0 Å². The number of likely N-dealkylation sites (tertiary alicyclic amines) is 6. The minimum Gasteiger partial charge on any atom is -0.480 e. The maximum absolute atomic E-state index is 14.8. The number of H-pyrrole nitrogens is 1. The Morgan fingerprint density at radius 3 is 1.57 bits per heavy atom. The molecule has 29 nitrogen and oxygen atoms in total. The van der Waals surface area contributed by atoms with Crippen molar-refractivity contribution in [2.75, 3.05) is 45.9 Å². The first-order chi connectivity index (χ1) is 38.0. The van der Waals surface area contributed by atoms with Crippen molar-refractivity contribution in [3.05, 3.63) is 54.1 Å². The van der Waals surface area contributed by atoms with E-state index < -0.39 is 163 Å². The van der Waals surface area contributed by atoms with Crippen molar-refractivity contribution >= 4 is 59.1 Å². The molecule has 0 bridgehead atoms. The van der Waals surface area contributed by atoms with Gasteiger partial charge in [0.25, 0.3) is 0 Å². The zero-order chi connectivity index (χ0) is 57.9. The Hall–Kier alpha value is -7.15. The number of aliphatic hydroxyl groups excluding tert-OH is 6. The lowest BCUT2D eigenvalue weighted by Gasteiger charge is -2.34. The zero-order valence-electron chi connectivity index (χ0n) is 43.9.